The number of halogens is 1. The van der Waals surface area contributed by atoms with Crippen LogP contribution in [0.4, 0.5) is 9.18 Å². The number of rotatable bonds is 9. The Kier molecular flexibility index (Phi) is 11.6. The summed E-state index contributed by atoms with van der Waals surface area (Å²) in [6, 6.07) is 6.91. The third kappa shape index (κ3) is 8.59. The maximum absolute atomic E-state index is 14.9. The molecule has 0 unspecified atom stereocenters. The van der Waals surface area contributed by atoms with Crippen LogP contribution in [-0.4, -0.2) is 96.5 Å². The molecule has 2 aliphatic carbocycles. The van der Waals surface area contributed by atoms with Crippen molar-refractivity contribution in [3.8, 4) is 11.8 Å². The molecule has 3 fully saturated rings. The fraction of sp³-hybridized carbons (Fsp3) is 0.625. The number of carbonyl (C=O) groups is 4. The van der Waals surface area contributed by atoms with Gasteiger partial charge < -0.3 is 29.7 Å². The predicted molar refractivity (Wildman–Crippen MR) is 206 cm³/mol. The van der Waals surface area contributed by atoms with Gasteiger partial charge in [-0.1, -0.05) is 50.6 Å². The Balaban J connectivity index is 1.37. The van der Waals surface area contributed by atoms with Crippen LogP contribution in [0.3, 0.4) is 0 Å². The summed E-state index contributed by atoms with van der Waals surface area (Å²) in [6.07, 6.45) is 4.94. The van der Waals surface area contributed by atoms with Gasteiger partial charge in [0.15, 0.2) is 0 Å². The van der Waals surface area contributed by atoms with Gasteiger partial charge in [0.25, 0.3) is 5.91 Å². The summed E-state index contributed by atoms with van der Waals surface area (Å²) in [4.78, 5) is 62.6. The first-order chi connectivity index (χ1) is 26.4. The van der Waals surface area contributed by atoms with Gasteiger partial charge in [-0.3, -0.25) is 19.1 Å². The minimum absolute atomic E-state index is 0.0153. The first kappa shape index (κ1) is 41.2. The van der Waals surface area contributed by atoms with Crippen LogP contribution in [0.25, 0.3) is 10.8 Å². The highest BCUT2D eigenvalue weighted by Crippen LogP contribution is 2.48. The molecule has 4 aliphatic rings. The van der Waals surface area contributed by atoms with Crippen molar-refractivity contribution in [2.75, 3.05) is 20.3 Å². The summed E-state index contributed by atoms with van der Waals surface area (Å²) >= 11 is 0. The number of alkyl halides is 1. The second-order valence-corrected chi connectivity index (χ2v) is 18.9. The van der Waals surface area contributed by atoms with Crippen LogP contribution in [0.5, 0.6) is 11.8 Å². The summed E-state index contributed by atoms with van der Waals surface area (Å²) < 4.78 is 58.2. The number of carbonyl (C=O) groups excluding carboxylic acids is 4. The van der Waals surface area contributed by atoms with Gasteiger partial charge in [0.2, 0.25) is 33.6 Å². The molecule has 7 atom stereocenters. The normalized spacial score (nSPS) is 29.7. The fourth-order valence-corrected chi connectivity index (χ4v) is 9.33. The molecule has 2 aliphatic heterocycles. The van der Waals surface area contributed by atoms with Gasteiger partial charge in [-0.05, 0) is 82.6 Å². The first-order valence-electron chi connectivity index (χ1n) is 19.5. The predicted octanol–water partition coefficient (Wildman–Crippen LogP) is 4.71. The van der Waals surface area contributed by atoms with Crippen molar-refractivity contribution in [2.24, 2.45) is 17.8 Å². The van der Waals surface area contributed by atoms with E-state index < -0.39 is 80.5 Å². The number of benzene rings is 1. The van der Waals surface area contributed by atoms with Crippen molar-refractivity contribution in [2.45, 2.75) is 120 Å². The molecule has 14 nitrogen and oxygen atoms in total. The smallest absolute Gasteiger partial charge is 0.408 e. The van der Waals surface area contributed by atoms with Gasteiger partial charge in [0, 0.05) is 23.8 Å². The summed E-state index contributed by atoms with van der Waals surface area (Å²) in [5.74, 6) is -2.39. The molecule has 0 radical (unpaired) electrons. The molecule has 16 heteroatoms. The van der Waals surface area contributed by atoms with E-state index in [-0.39, 0.29) is 49.9 Å². The summed E-state index contributed by atoms with van der Waals surface area (Å²) in [5, 5.41) is 7.16. The van der Waals surface area contributed by atoms with E-state index in [2.05, 4.69) is 27.3 Å². The lowest BCUT2D eigenvalue weighted by molar-refractivity contribution is -0.142. The SMILES string of the molecule is CC[C@@H]1C[C@H](C)CC/C=C\[C@@H]2C[C@@]2(C(=O)NS(=O)(=O)C2(CF)CC2)NC(=O)[C@@H]2C[C@@H](Oc3nc(OC)cc4ccccc34)CN2C(=O)[C@H]1NC(=O)OC(C)(C)C. The van der Waals surface area contributed by atoms with Crippen molar-refractivity contribution in [1.82, 2.24) is 25.2 Å². The quantitative estimate of drug-likeness (QED) is 0.301. The number of hydrogen-bond donors (Lipinski definition) is 3. The average Bonchev–Trinajstić information content (AvgIpc) is 4.05. The average molecular weight is 800 g/mol. The number of fused-ring (bicyclic) bond motifs is 3. The van der Waals surface area contributed by atoms with E-state index in [9.17, 15) is 32.0 Å². The molecule has 3 N–H and O–H groups in total. The van der Waals surface area contributed by atoms with Gasteiger partial charge in [-0.15, -0.1) is 0 Å². The third-order valence-electron chi connectivity index (χ3n) is 11.5. The molecule has 1 saturated heterocycles. The van der Waals surface area contributed by atoms with Crippen LogP contribution in [0.1, 0.15) is 86.0 Å². The van der Waals surface area contributed by atoms with E-state index in [1.807, 2.05) is 43.3 Å². The maximum Gasteiger partial charge on any atom is 0.408 e. The highest BCUT2D eigenvalue weighted by Gasteiger charge is 2.64. The van der Waals surface area contributed by atoms with Crippen LogP contribution in [0.2, 0.25) is 0 Å². The number of ether oxygens (including phenoxy) is 3. The largest absolute Gasteiger partial charge is 0.481 e. The molecule has 3 heterocycles. The van der Waals surface area contributed by atoms with Crippen LogP contribution in [0.15, 0.2) is 42.5 Å². The Bertz CT molecular complexity index is 1980. The van der Waals surface area contributed by atoms with E-state index in [4.69, 9.17) is 14.2 Å². The summed E-state index contributed by atoms with van der Waals surface area (Å²) in [5.41, 5.74) is -2.50. The fourth-order valence-electron chi connectivity index (χ4n) is 7.90. The number of pyridine rings is 1. The molecule has 56 heavy (non-hydrogen) atoms. The molecule has 306 valence electrons. The lowest BCUT2D eigenvalue weighted by atomic mass is 9.85. The highest BCUT2D eigenvalue weighted by molar-refractivity contribution is 7.91. The number of allylic oxidation sites excluding steroid dienone is 1. The van der Waals surface area contributed by atoms with Gasteiger partial charge in [0.1, 0.15) is 40.7 Å². The Morgan fingerprint density at radius 3 is 2.54 bits per heavy atom. The molecule has 0 bridgehead atoms. The van der Waals surface area contributed by atoms with Gasteiger partial charge in [-0.25, -0.2) is 17.6 Å². The summed E-state index contributed by atoms with van der Waals surface area (Å²) in [7, 11) is -2.90. The molecule has 0 spiro atoms. The molecule has 2 aromatic rings. The second-order valence-electron chi connectivity index (χ2n) is 16.8. The van der Waals surface area contributed by atoms with Crippen molar-refractivity contribution in [1.29, 1.82) is 0 Å². The van der Waals surface area contributed by atoms with E-state index >= 15 is 0 Å². The van der Waals surface area contributed by atoms with Crippen LogP contribution >= 0.6 is 0 Å². The van der Waals surface area contributed by atoms with Gasteiger partial charge in [-0.2, -0.15) is 4.98 Å². The minimum Gasteiger partial charge on any atom is -0.481 e. The number of nitrogens with one attached hydrogen (secondary N) is 3. The van der Waals surface area contributed by atoms with Crippen molar-refractivity contribution in [3.63, 3.8) is 0 Å². The molecule has 1 aromatic carbocycles. The maximum atomic E-state index is 14.9. The molecular formula is C40H54FN5O9S. The Hall–Kier alpha value is -4.47. The lowest BCUT2D eigenvalue weighted by Gasteiger charge is -2.34. The van der Waals surface area contributed by atoms with E-state index in [1.165, 1.54) is 12.0 Å². The van der Waals surface area contributed by atoms with Crippen LogP contribution in [0, 0.1) is 17.8 Å². The zero-order chi connectivity index (χ0) is 40.6. The zero-order valence-corrected chi connectivity index (χ0v) is 33.7. The molecule has 1 aromatic heterocycles. The van der Waals surface area contributed by atoms with E-state index in [1.54, 1.807) is 26.8 Å². The minimum atomic E-state index is -4.39. The number of alkyl carbamates (subject to hydrolysis) is 1. The highest BCUT2D eigenvalue weighted by atomic mass is 32.2. The van der Waals surface area contributed by atoms with Crippen LogP contribution in [-0.2, 0) is 29.1 Å². The number of amides is 4. The standard InChI is InChI=1S/C40H54FN5O9S/c1-7-25-18-24(2)12-8-10-14-27-21-40(27,36(49)45-56(51,52)39(23-41)16-17-39)44-33(47)30-20-28(22-46(30)35(48)32(25)43-37(50)55-38(3,4)5)54-34-29-15-11-9-13-26(29)19-31(42-34)53-6/h9-11,13-15,19,24-25,27-28,30,32H,7-8,12,16-18,20-23H2,1-6H3,(H,43,50)(H,44,47)(H,45,49)/b14-10-/t24-,25-,27-,28-,30+,32+,40-/m1/s1. The van der Waals surface area contributed by atoms with E-state index in [0.717, 1.165) is 11.8 Å². The second kappa shape index (κ2) is 15.8. The number of aromatic nitrogens is 1. The Morgan fingerprint density at radius 2 is 1.88 bits per heavy atom. The van der Waals surface area contributed by atoms with E-state index in [0.29, 0.717) is 30.5 Å². The van der Waals surface area contributed by atoms with Crippen molar-refractivity contribution < 1.29 is 46.2 Å². The molecule has 2 saturated carbocycles. The van der Waals surface area contributed by atoms with Gasteiger partial charge in [0.05, 0.1) is 13.7 Å². The number of methoxy groups -OCH3 is 1. The van der Waals surface area contributed by atoms with Crippen molar-refractivity contribution in [3.05, 3.63) is 42.5 Å². The molecular weight excluding hydrogens is 746 g/mol. The van der Waals surface area contributed by atoms with Gasteiger partial charge >= 0.3 is 6.09 Å². The topological polar surface area (TPSA) is 182 Å². The summed E-state index contributed by atoms with van der Waals surface area (Å²) in [6.45, 7) is 7.98. The Labute approximate surface area is 327 Å². The first-order valence-corrected chi connectivity index (χ1v) is 20.9. The van der Waals surface area contributed by atoms with Crippen LogP contribution < -0.4 is 24.8 Å². The monoisotopic (exact) mass is 799 g/mol. The Morgan fingerprint density at radius 1 is 1.14 bits per heavy atom. The third-order valence-corrected chi connectivity index (χ3v) is 13.6. The molecule has 4 amide bonds. The lowest BCUT2D eigenvalue weighted by Crippen LogP contribution is -2.59. The van der Waals surface area contributed by atoms with Crippen molar-refractivity contribution >= 4 is 44.6 Å². The molecule has 6 rings (SSSR count). The number of nitrogens with zero attached hydrogens (tertiary/aromatic N) is 2. The number of hydrogen-bond acceptors (Lipinski definition) is 10. The number of sulfonamides is 1. The zero-order valence-electron chi connectivity index (χ0n) is 32.9.